The molecule has 0 radical (unpaired) electrons. The van der Waals surface area contributed by atoms with Gasteiger partial charge in [0.05, 0.1) is 4.92 Å². The first-order valence-electron chi connectivity index (χ1n) is 6.26. The number of hydrogen-bond donors (Lipinski definition) is 1. The van der Waals surface area contributed by atoms with Crippen LogP contribution in [0.15, 0.2) is 18.2 Å². The molecule has 0 aromatic heterocycles. The molecule has 1 atom stereocenters. The SMILES string of the molecule is Cl.Cl.O=[N+]([O-])c1ccc(Cl)c([C@H](N2CCNCC2)C(F)(F)F)c1. The Kier molecular flexibility index (Phi) is 8.58. The molecule has 0 amide bonds. The molecule has 132 valence electrons. The molecule has 1 aliphatic rings. The van der Waals surface area contributed by atoms with Gasteiger partial charge in [-0.25, -0.2) is 0 Å². The van der Waals surface area contributed by atoms with E-state index < -0.39 is 22.8 Å². The monoisotopic (exact) mass is 395 g/mol. The van der Waals surface area contributed by atoms with Crippen LogP contribution in [0, 0.1) is 10.1 Å². The molecule has 1 heterocycles. The first kappa shape index (κ1) is 22.2. The number of nitrogens with one attached hydrogen (secondary N) is 1. The average Bonchev–Trinajstić information content (AvgIpc) is 2.40. The lowest BCUT2D eigenvalue weighted by molar-refractivity contribution is -0.385. The zero-order valence-corrected chi connectivity index (χ0v) is 14.1. The highest BCUT2D eigenvalue weighted by Gasteiger charge is 2.46. The number of halogens is 6. The number of rotatable bonds is 3. The van der Waals surface area contributed by atoms with E-state index in [0.717, 1.165) is 18.2 Å². The topological polar surface area (TPSA) is 58.4 Å². The number of alkyl halides is 3. The van der Waals surface area contributed by atoms with Crippen LogP contribution in [0.3, 0.4) is 0 Å². The van der Waals surface area contributed by atoms with Gasteiger partial charge >= 0.3 is 6.18 Å². The molecule has 2 rings (SSSR count). The third kappa shape index (κ3) is 5.36. The lowest BCUT2D eigenvalue weighted by Crippen LogP contribution is -2.49. The van der Waals surface area contributed by atoms with Crippen molar-refractivity contribution in [3.05, 3.63) is 38.9 Å². The molecule has 1 fully saturated rings. The summed E-state index contributed by atoms with van der Waals surface area (Å²) in [6.45, 7) is 1.25. The number of hydrogen-bond acceptors (Lipinski definition) is 4. The largest absolute Gasteiger partial charge is 0.408 e. The molecular weight excluding hydrogens is 382 g/mol. The highest BCUT2D eigenvalue weighted by atomic mass is 35.5. The minimum atomic E-state index is -4.56. The van der Waals surface area contributed by atoms with Gasteiger partial charge in [-0.2, -0.15) is 13.2 Å². The Morgan fingerprint density at radius 3 is 2.30 bits per heavy atom. The van der Waals surface area contributed by atoms with E-state index in [9.17, 15) is 23.3 Å². The second-order valence-corrected chi connectivity index (χ2v) is 5.10. The number of piperazine rings is 1. The standard InChI is InChI=1S/C12H13ClF3N3O2.2ClH/c13-10-2-1-8(19(20)21)7-9(10)11(12(14,15)16)18-5-3-17-4-6-18;;/h1-2,7,11,17H,3-6H2;2*1H/t11-;;/m0../s1. The van der Waals surface area contributed by atoms with E-state index in [0.29, 0.717) is 13.1 Å². The van der Waals surface area contributed by atoms with E-state index in [-0.39, 0.29) is 48.5 Å². The van der Waals surface area contributed by atoms with Crippen molar-refractivity contribution in [1.82, 2.24) is 10.2 Å². The van der Waals surface area contributed by atoms with E-state index in [1.54, 1.807) is 0 Å². The van der Waals surface area contributed by atoms with E-state index >= 15 is 0 Å². The van der Waals surface area contributed by atoms with E-state index in [4.69, 9.17) is 11.6 Å². The van der Waals surface area contributed by atoms with Gasteiger partial charge in [-0.1, -0.05) is 11.6 Å². The average molecular weight is 397 g/mol. The van der Waals surface area contributed by atoms with Crippen molar-refractivity contribution in [2.75, 3.05) is 26.2 Å². The fourth-order valence-electron chi connectivity index (χ4n) is 2.37. The maximum atomic E-state index is 13.4. The van der Waals surface area contributed by atoms with Crippen molar-refractivity contribution in [3.8, 4) is 0 Å². The molecule has 5 nitrogen and oxygen atoms in total. The van der Waals surface area contributed by atoms with Crippen LogP contribution in [-0.4, -0.2) is 42.2 Å². The zero-order valence-electron chi connectivity index (χ0n) is 11.7. The summed E-state index contributed by atoms with van der Waals surface area (Å²) in [6.07, 6.45) is -4.56. The predicted octanol–water partition coefficient (Wildman–Crippen LogP) is 3.60. The maximum absolute atomic E-state index is 13.4. The van der Waals surface area contributed by atoms with Crippen molar-refractivity contribution in [2.24, 2.45) is 0 Å². The lowest BCUT2D eigenvalue weighted by Gasteiger charge is -2.36. The first-order chi connectivity index (χ1) is 9.80. The van der Waals surface area contributed by atoms with Crippen molar-refractivity contribution in [3.63, 3.8) is 0 Å². The van der Waals surface area contributed by atoms with E-state index in [1.165, 1.54) is 4.90 Å². The van der Waals surface area contributed by atoms with Gasteiger partial charge in [0.25, 0.3) is 5.69 Å². The molecule has 1 aromatic rings. The van der Waals surface area contributed by atoms with Crippen LogP contribution in [0.5, 0.6) is 0 Å². The molecule has 1 aromatic carbocycles. The second-order valence-electron chi connectivity index (χ2n) is 4.69. The Hall–Kier alpha value is -0.800. The van der Waals surface area contributed by atoms with Crippen molar-refractivity contribution in [2.45, 2.75) is 12.2 Å². The van der Waals surface area contributed by atoms with Gasteiger partial charge < -0.3 is 5.32 Å². The highest BCUT2D eigenvalue weighted by Crippen LogP contribution is 2.41. The molecular formula is C12H15Cl3F3N3O2. The van der Waals surface area contributed by atoms with Gasteiger partial charge in [0, 0.05) is 48.9 Å². The van der Waals surface area contributed by atoms with Gasteiger partial charge in [-0.05, 0) is 6.07 Å². The molecule has 0 bridgehead atoms. The molecule has 0 aliphatic carbocycles. The van der Waals surface area contributed by atoms with E-state index in [2.05, 4.69) is 5.32 Å². The van der Waals surface area contributed by atoms with Crippen molar-refractivity contribution in [1.29, 1.82) is 0 Å². The van der Waals surface area contributed by atoms with Crippen molar-refractivity contribution >= 4 is 42.1 Å². The number of nitro benzene ring substituents is 1. The van der Waals surface area contributed by atoms with Gasteiger partial charge in [-0.15, -0.1) is 24.8 Å². The molecule has 11 heteroatoms. The van der Waals surface area contributed by atoms with Gasteiger partial charge in [0.2, 0.25) is 0 Å². The molecule has 0 spiro atoms. The smallest absolute Gasteiger partial charge is 0.314 e. The van der Waals surface area contributed by atoms with Crippen LogP contribution < -0.4 is 5.32 Å². The summed E-state index contributed by atoms with van der Waals surface area (Å²) in [5.41, 5.74) is -0.681. The van der Waals surface area contributed by atoms with Crippen LogP contribution in [0.25, 0.3) is 0 Å². The molecule has 0 saturated carbocycles. The predicted molar refractivity (Wildman–Crippen MR) is 85.8 cm³/mol. The maximum Gasteiger partial charge on any atom is 0.408 e. The third-order valence-corrected chi connectivity index (χ3v) is 3.66. The minimum Gasteiger partial charge on any atom is -0.314 e. The summed E-state index contributed by atoms with van der Waals surface area (Å²) in [7, 11) is 0. The normalized spacial score (nSPS) is 16.9. The Morgan fingerprint density at radius 2 is 1.83 bits per heavy atom. The summed E-state index contributed by atoms with van der Waals surface area (Å²) in [4.78, 5) is 11.3. The number of benzene rings is 1. The highest BCUT2D eigenvalue weighted by molar-refractivity contribution is 6.31. The molecule has 1 aliphatic heterocycles. The Bertz CT molecular complexity index is 540. The fraction of sp³-hybridized carbons (Fsp3) is 0.500. The zero-order chi connectivity index (χ0) is 15.6. The van der Waals surface area contributed by atoms with Crippen LogP contribution in [0.1, 0.15) is 11.6 Å². The summed E-state index contributed by atoms with van der Waals surface area (Å²) in [5, 5.41) is 13.6. The number of nitrogens with zero attached hydrogens (tertiary/aromatic N) is 2. The summed E-state index contributed by atoms with van der Waals surface area (Å²) >= 11 is 5.86. The van der Waals surface area contributed by atoms with Gasteiger partial charge in [0.1, 0.15) is 6.04 Å². The Morgan fingerprint density at radius 1 is 1.26 bits per heavy atom. The van der Waals surface area contributed by atoms with E-state index in [1.807, 2.05) is 0 Å². The number of non-ortho nitro benzene ring substituents is 1. The van der Waals surface area contributed by atoms with Crippen LogP contribution in [0.4, 0.5) is 18.9 Å². The molecule has 0 unspecified atom stereocenters. The van der Waals surface area contributed by atoms with Crippen LogP contribution >= 0.6 is 36.4 Å². The number of nitro groups is 1. The van der Waals surface area contributed by atoms with Crippen LogP contribution in [-0.2, 0) is 0 Å². The summed E-state index contributed by atoms with van der Waals surface area (Å²) in [5.74, 6) is 0. The molecule has 1 N–H and O–H groups in total. The summed E-state index contributed by atoms with van der Waals surface area (Å²) in [6, 6.07) is 1.20. The fourth-order valence-corrected chi connectivity index (χ4v) is 2.60. The first-order valence-corrected chi connectivity index (χ1v) is 6.64. The summed E-state index contributed by atoms with van der Waals surface area (Å²) < 4.78 is 40.2. The second kappa shape index (κ2) is 8.89. The molecule has 23 heavy (non-hydrogen) atoms. The van der Waals surface area contributed by atoms with Gasteiger partial charge in [-0.3, -0.25) is 15.0 Å². The lowest BCUT2D eigenvalue weighted by atomic mass is 10.0. The Labute approximate surface area is 148 Å². The quantitative estimate of drug-likeness (QED) is 0.626. The van der Waals surface area contributed by atoms with Gasteiger partial charge in [0.15, 0.2) is 0 Å². The Balaban J connectivity index is 0.00000242. The van der Waals surface area contributed by atoms with Crippen LogP contribution in [0.2, 0.25) is 5.02 Å². The minimum absolute atomic E-state index is 0. The van der Waals surface area contributed by atoms with Crippen molar-refractivity contribution < 1.29 is 18.1 Å². The third-order valence-electron chi connectivity index (χ3n) is 3.31. The molecule has 1 saturated heterocycles.